The summed E-state index contributed by atoms with van der Waals surface area (Å²) in [4.78, 5) is 4.57. The third kappa shape index (κ3) is 4.81. The molecule has 31 heavy (non-hydrogen) atoms. The molecule has 7 nitrogen and oxygen atoms in total. The van der Waals surface area contributed by atoms with E-state index < -0.39 is 10.0 Å². The number of hydrogen-bond acceptors (Lipinski definition) is 5. The van der Waals surface area contributed by atoms with Crippen molar-refractivity contribution < 1.29 is 8.42 Å². The van der Waals surface area contributed by atoms with E-state index in [2.05, 4.69) is 44.9 Å². The molecule has 1 aromatic heterocycles. The maximum absolute atomic E-state index is 12.1. The van der Waals surface area contributed by atoms with Gasteiger partial charge in [-0.2, -0.15) is 5.10 Å². The van der Waals surface area contributed by atoms with Crippen LogP contribution in [0.2, 0.25) is 0 Å². The standard InChI is InChI=1S/C23H35N5O2S/c1-5-12-31(29,30)24-15-20-13-18-10-11-28(20)16-21(18)23-14-22(25-27(23)4)17-6-8-19(9-7-17)26(2)3/h6-9,14,18,20-21,24H,5,10-13,15-16H2,1-4H3. The Morgan fingerprint density at radius 3 is 2.58 bits per heavy atom. The molecule has 1 aromatic carbocycles. The van der Waals surface area contributed by atoms with Gasteiger partial charge in [0.05, 0.1) is 11.4 Å². The highest BCUT2D eigenvalue weighted by Gasteiger charge is 2.42. The van der Waals surface area contributed by atoms with Gasteiger partial charge in [-0.25, -0.2) is 13.1 Å². The van der Waals surface area contributed by atoms with Crippen LogP contribution in [-0.4, -0.2) is 68.6 Å². The molecule has 0 spiro atoms. The van der Waals surface area contributed by atoms with Crippen LogP contribution in [0.1, 0.15) is 37.8 Å². The number of sulfonamides is 1. The van der Waals surface area contributed by atoms with Gasteiger partial charge in [0.1, 0.15) is 0 Å². The Morgan fingerprint density at radius 1 is 1.23 bits per heavy atom. The van der Waals surface area contributed by atoms with Gasteiger partial charge in [-0.1, -0.05) is 19.1 Å². The number of anilines is 1. The third-order valence-electron chi connectivity index (χ3n) is 6.87. The summed E-state index contributed by atoms with van der Waals surface area (Å²) in [5, 5.41) is 4.82. The summed E-state index contributed by atoms with van der Waals surface area (Å²) in [7, 11) is 2.98. The Balaban J connectivity index is 1.46. The van der Waals surface area contributed by atoms with E-state index in [0.717, 1.165) is 30.8 Å². The van der Waals surface area contributed by atoms with Crippen molar-refractivity contribution in [3.8, 4) is 11.3 Å². The first-order chi connectivity index (χ1) is 14.8. The molecule has 2 aromatic rings. The number of benzene rings is 1. The lowest BCUT2D eigenvalue weighted by molar-refractivity contribution is 0.0306. The van der Waals surface area contributed by atoms with Crippen molar-refractivity contribution >= 4 is 15.7 Å². The van der Waals surface area contributed by atoms with Gasteiger partial charge in [0, 0.05) is 63.1 Å². The smallest absolute Gasteiger partial charge is 0.211 e. The van der Waals surface area contributed by atoms with Crippen molar-refractivity contribution in [3.05, 3.63) is 36.0 Å². The minimum absolute atomic E-state index is 0.207. The van der Waals surface area contributed by atoms with E-state index in [1.54, 1.807) is 0 Å². The molecule has 8 heteroatoms. The highest BCUT2D eigenvalue weighted by molar-refractivity contribution is 7.89. The van der Waals surface area contributed by atoms with E-state index in [9.17, 15) is 8.42 Å². The van der Waals surface area contributed by atoms with Gasteiger partial charge in [-0.3, -0.25) is 9.58 Å². The van der Waals surface area contributed by atoms with E-state index in [1.165, 1.54) is 17.8 Å². The first-order valence-corrected chi connectivity index (χ1v) is 13.0. The molecule has 4 heterocycles. The second-order valence-electron chi connectivity index (χ2n) is 9.23. The molecule has 0 aliphatic carbocycles. The highest BCUT2D eigenvalue weighted by Crippen LogP contribution is 2.42. The van der Waals surface area contributed by atoms with E-state index in [4.69, 9.17) is 5.10 Å². The van der Waals surface area contributed by atoms with Gasteiger partial charge in [0.15, 0.2) is 0 Å². The van der Waals surface area contributed by atoms with Crippen LogP contribution in [0, 0.1) is 5.92 Å². The molecular weight excluding hydrogens is 410 g/mol. The van der Waals surface area contributed by atoms with E-state index >= 15 is 0 Å². The number of nitrogens with one attached hydrogen (secondary N) is 1. The molecule has 3 fully saturated rings. The predicted octanol–water partition coefficient (Wildman–Crippen LogP) is 2.66. The molecule has 3 saturated heterocycles. The topological polar surface area (TPSA) is 70.5 Å². The number of aromatic nitrogens is 2. The van der Waals surface area contributed by atoms with Crippen molar-refractivity contribution in [2.24, 2.45) is 13.0 Å². The van der Waals surface area contributed by atoms with Crippen LogP contribution in [0.25, 0.3) is 11.3 Å². The van der Waals surface area contributed by atoms with Gasteiger partial charge >= 0.3 is 0 Å². The normalized spacial score (nSPS) is 25.7. The fourth-order valence-corrected chi connectivity index (χ4v) is 6.28. The molecule has 170 valence electrons. The second kappa shape index (κ2) is 8.92. The highest BCUT2D eigenvalue weighted by atomic mass is 32.2. The van der Waals surface area contributed by atoms with Crippen molar-refractivity contribution in [2.45, 2.75) is 38.1 Å². The van der Waals surface area contributed by atoms with Gasteiger partial charge < -0.3 is 4.90 Å². The van der Waals surface area contributed by atoms with Crippen LogP contribution in [0.15, 0.2) is 30.3 Å². The Kier molecular flexibility index (Phi) is 6.42. The molecule has 3 aliphatic heterocycles. The molecular formula is C23H35N5O2S. The molecule has 0 radical (unpaired) electrons. The molecule has 3 aliphatic rings. The average molecular weight is 446 g/mol. The van der Waals surface area contributed by atoms with Gasteiger partial charge in [0.2, 0.25) is 10.0 Å². The van der Waals surface area contributed by atoms with Crippen molar-refractivity contribution in [1.82, 2.24) is 19.4 Å². The van der Waals surface area contributed by atoms with Crippen LogP contribution in [-0.2, 0) is 17.1 Å². The van der Waals surface area contributed by atoms with E-state index in [-0.39, 0.29) is 5.75 Å². The molecule has 5 rings (SSSR count). The predicted molar refractivity (Wildman–Crippen MR) is 126 cm³/mol. The molecule has 4 unspecified atom stereocenters. The van der Waals surface area contributed by atoms with Crippen molar-refractivity contribution in [1.29, 1.82) is 0 Å². The first kappa shape index (κ1) is 22.3. The third-order valence-corrected chi connectivity index (χ3v) is 8.42. The number of aryl methyl sites for hydroxylation is 1. The van der Waals surface area contributed by atoms with Crippen molar-refractivity contribution in [3.63, 3.8) is 0 Å². The summed E-state index contributed by atoms with van der Waals surface area (Å²) >= 11 is 0. The zero-order valence-electron chi connectivity index (χ0n) is 19.1. The van der Waals surface area contributed by atoms with Crippen LogP contribution in [0.5, 0.6) is 0 Å². The Labute approximate surface area is 186 Å². The summed E-state index contributed by atoms with van der Waals surface area (Å²) in [6, 6.07) is 11.1. The average Bonchev–Trinajstić information content (AvgIpc) is 3.14. The number of rotatable bonds is 8. The van der Waals surface area contributed by atoms with E-state index in [1.807, 2.05) is 32.7 Å². The summed E-state index contributed by atoms with van der Waals surface area (Å²) in [6.07, 6.45) is 2.85. The molecule has 2 bridgehead atoms. The molecule has 0 amide bonds. The largest absolute Gasteiger partial charge is 0.378 e. The maximum atomic E-state index is 12.1. The van der Waals surface area contributed by atoms with Crippen molar-refractivity contribution in [2.75, 3.05) is 44.4 Å². The number of hydrogen-bond donors (Lipinski definition) is 1. The summed E-state index contributed by atoms with van der Waals surface area (Å²) in [5.74, 6) is 1.23. The minimum Gasteiger partial charge on any atom is -0.378 e. The quantitative estimate of drug-likeness (QED) is 0.677. The molecule has 4 atom stereocenters. The SMILES string of the molecule is CCCS(=O)(=O)NCC1CC2CCN1CC2c1cc(-c2ccc(N(C)C)cc2)nn1C. The molecule has 1 N–H and O–H groups in total. The number of fused-ring (bicyclic) bond motifs is 3. The monoisotopic (exact) mass is 445 g/mol. The fraction of sp³-hybridized carbons (Fsp3) is 0.609. The molecule has 0 saturated carbocycles. The summed E-state index contributed by atoms with van der Waals surface area (Å²) < 4.78 is 29.0. The van der Waals surface area contributed by atoms with Gasteiger partial charge in [-0.05, 0) is 49.9 Å². The van der Waals surface area contributed by atoms with E-state index in [0.29, 0.717) is 30.8 Å². The van der Waals surface area contributed by atoms with Gasteiger partial charge in [0.25, 0.3) is 0 Å². The zero-order chi connectivity index (χ0) is 22.2. The lowest BCUT2D eigenvalue weighted by atomic mass is 9.74. The van der Waals surface area contributed by atoms with Crippen LogP contribution in [0.3, 0.4) is 0 Å². The fourth-order valence-electron chi connectivity index (χ4n) is 5.15. The first-order valence-electron chi connectivity index (χ1n) is 11.3. The van der Waals surface area contributed by atoms with Crippen LogP contribution in [0.4, 0.5) is 5.69 Å². The Bertz CT molecular complexity index is 999. The van der Waals surface area contributed by atoms with Crippen LogP contribution >= 0.6 is 0 Å². The summed E-state index contributed by atoms with van der Waals surface area (Å²) in [5.41, 5.74) is 4.62. The number of piperidine rings is 3. The maximum Gasteiger partial charge on any atom is 0.211 e. The zero-order valence-corrected chi connectivity index (χ0v) is 19.9. The van der Waals surface area contributed by atoms with Gasteiger partial charge in [-0.15, -0.1) is 0 Å². The Hall–Kier alpha value is -1.90. The Morgan fingerprint density at radius 2 is 1.97 bits per heavy atom. The lowest BCUT2D eigenvalue weighted by Crippen LogP contribution is -2.56. The second-order valence-corrected chi connectivity index (χ2v) is 11.2. The minimum atomic E-state index is -3.15. The summed E-state index contributed by atoms with van der Waals surface area (Å²) in [6.45, 7) is 4.45. The van der Waals surface area contributed by atoms with Crippen LogP contribution < -0.4 is 9.62 Å². The number of nitrogens with zero attached hydrogens (tertiary/aromatic N) is 4. The lowest BCUT2D eigenvalue weighted by Gasteiger charge is -2.49.